The Kier molecular flexibility index (Phi) is 4.11. The Morgan fingerprint density at radius 2 is 2.47 bits per heavy atom. The Hall–Kier alpha value is -1.56. The zero-order chi connectivity index (χ0) is 11.3. The predicted octanol–water partition coefficient (Wildman–Crippen LogP) is -0.139. The number of nitrogens with zero attached hydrogens (tertiary/aromatic N) is 2. The van der Waals surface area contributed by atoms with E-state index in [4.69, 9.17) is 10.5 Å². The fourth-order valence-corrected chi connectivity index (χ4v) is 1.13. The number of hydrogen-bond donors (Lipinski definition) is 2. The molecule has 0 radical (unpaired) electrons. The minimum absolute atomic E-state index is 0.267. The molecule has 0 aliphatic heterocycles. The molecule has 0 spiro atoms. The summed E-state index contributed by atoms with van der Waals surface area (Å²) in [6, 6.07) is 0. The number of nitrogen functional groups attached to an aromatic ring is 1. The largest absolute Gasteiger partial charge is 0.396 e. The van der Waals surface area contributed by atoms with Crippen molar-refractivity contribution in [3.8, 4) is 0 Å². The normalized spacial score (nSPS) is 10.3. The van der Waals surface area contributed by atoms with Crippen LogP contribution in [0.1, 0.15) is 17.4 Å². The van der Waals surface area contributed by atoms with Crippen LogP contribution in [0.4, 0.5) is 5.69 Å². The number of ether oxygens (including phenoxy) is 1. The molecule has 1 aromatic rings. The fraction of sp³-hybridized carbons (Fsp3) is 0.556. The van der Waals surface area contributed by atoms with Gasteiger partial charge in [-0.1, -0.05) is 0 Å². The van der Waals surface area contributed by atoms with Gasteiger partial charge in [-0.05, 0) is 6.92 Å². The van der Waals surface area contributed by atoms with Crippen LogP contribution in [0, 0.1) is 0 Å². The molecule has 3 N–H and O–H groups in total. The standard InChI is InChI=1S/C9H16N4O2/c1-3-13-6-7(10)8(12-13)9(14)11-4-5-15-2/h6H,3-5,10H2,1-2H3,(H,11,14). The number of methoxy groups -OCH3 is 1. The van der Waals surface area contributed by atoms with E-state index in [1.165, 1.54) is 0 Å². The summed E-state index contributed by atoms with van der Waals surface area (Å²) < 4.78 is 6.44. The molecule has 1 heterocycles. The van der Waals surface area contributed by atoms with Crippen LogP contribution < -0.4 is 11.1 Å². The minimum atomic E-state index is -0.267. The fourth-order valence-electron chi connectivity index (χ4n) is 1.13. The van der Waals surface area contributed by atoms with Gasteiger partial charge in [0, 0.05) is 26.4 Å². The van der Waals surface area contributed by atoms with Crippen molar-refractivity contribution >= 4 is 11.6 Å². The summed E-state index contributed by atoms with van der Waals surface area (Å²) >= 11 is 0. The van der Waals surface area contributed by atoms with Crippen LogP contribution in [0.25, 0.3) is 0 Å². The van der Waals surface area contributed by atoms with E-state index in [2.05, 4.69) is 10.4 Å². The van der Waals surface area contributed by atoms with E-state index in [9.17, 15) is 4.79 Å². The molecule has 15 heavy (non-hydrogen) atoms. The first-order valence-corrected chi connectivity index (χ1v) is 4.79. The van der Waals surface area contributed by atoms with Gasteiger partial charge in [-0.25, -0.2) is 0 Å². The zero-order valence-corrected chi connectivity index (χ0v) is 8.99. The summed E-state index contributed by atoms with van der Waals surface area (Å²) in [5.41, 5.74) is 6.31. The highest BCUT2D eigenvalue weighted by atomic mass is 16.5. The molecule has 0 saturated carbocycles. The van der Waals surface area contributed by atoms with Gasteiger partial charge in [0.25, 0.3) is 5.91 Å². The Morgan fingerprint density at radius 1 is 1.73 bits per heavy atom. The van der Waals surface area contributed by atoms with Crippen LogP contribution in [0.3, 0.4) is 0 Å². The molecule has 0 aliphatic rings. The second-order valence-electron chi connectivity index (χ2n) is 3.04. The first kappa shape index (κ1) is 11.5. The second kappa shape index (κ2) is 5.35. The maximum Gasteiger partial charge on any atom is 0.274 e. The number of carbonyl (C=O) groups is 1. The van der Waals surface area contributed by atoms with Gasteiger partial charge >= 0.3 is 0 Å². The van der Waals surface area contributed by atoms with Crippen molar-refractivity contribution in [1.29, 1.82) is 0 Å². The van der Waals surface area contributed by atoms with E-state index < -0.39 is 0 Å². The third-order valence-corrected chi connectivity index (χ3v) is 1.92. The maximum absolute atomic E-state index is 11.5. The summed E-state index contributed by atoms with van der Waals surface area (Å²) in [5.74, 6) is -0.267. The van der Waals surface area contributed by atoms with Crippen LogP contribution in [-0.4, -0.2) is 35.9 Å². The Morgan fingerprint density at radius 3 is 3.00 bits per heavy atom. The first-order chi connectivity index (χ1) is 7.19. The maximum atomic E-state index is 11.5. The quantitative estimate of drug-likeness (QED) is 0.666. The number of amides is 1. The number of nitrogens with two attached hydrogens (primary N) is 1. The van der Waals surface area contributed by atoms with Crippen molar-refractivity contribution in [2.24, 2.45) is 0 Å². The predicted molar refractivity (Wildman–Crippen MR) is 56.5 cm³/mol. The number of aromatic nitrogens is 2. The van der Waals surface area contributed by atoms with Crippen molar-refractivity contribution < 1.29 is 9.53 Å². The summed E-state index contributed by atoms with van der Waals surface area (Å²) in [5, 5.41) is 6.70. The minimum Gasteiger partial charge on any atom is -0.396 e. The van der Waals surface area contributed by atoms with E-state index in [0.29, 0.717) is 25.4 Å². The molecule has 0 saturated heterocycles. The summed E-state index contributed by atoms with van der Waals surface area (Å²) in [7, 11) is 1.58. The molecule has 0 atom stereocenters. The number of carbonyl (C=O) groups excluding carboxylic acids is 1. The highest BCUT2D eigenvalue weighted by molar-refractivity contribution is 5.96. The van der Waals surface area contributed by atoms with Crippen molar-refractivity contribution in [2.45, 2.75) is 13.5 Å². The molecule has 0 aromatic carbocycles. The van der Waals surface area contributed by atoms with Gasteiger partial charge in [0.2, 0.25) is 0 Å². The van der Waals surface area contributed by atoms with Gasteiger partial charge in [0.1, 0.15) is 0 Å². The lowest BCUT2D eigenvalue weighted by molar-refractivity contribution is 0.0932. The average Bonchev–Trinajstić information content (AvgIpc) is 2.60. The second-order valence-corrected chi connectivity index (χ2v) is 3.04. The SMILES string of the molecule is CCn1cc(N)c(C(=O)NCCOC)n1. The molecule has 6 nitrogen and oxygen atoms in total. The van der Waals surface area contributed by atoms with E-state index in [-0.39, 0.29) is 11.6 Å². The number of anilines is 1. The lowest BCUT2D eigenvalue weighted by Crippen LogP contribution is -2.28. The summed E-state index contributed by atoms with van der Waals surface area (Å²) in [6.07, 6.45) is 1.64. The molecule has 1 amide bonds. The van der Waals surface area contributed by atoms with Gasteiger partial charge in [0.05, 0.1) is 12.3 Å². The molecule has 0 aliphatic carbocycles. The van der Waals surface area contributed by atoms with Crippen LogP contribution in [0.2, 0.25) is 0 Å². The smallest absolute Gasteiger partial charge is 0.274 e. The topological polar surface area (TPSA) is 82.2 Å². The molecule has 1 aromatic heterocycles. The van der Waals surface area contributed by atoms with Gasteiger partial charge in [-0.3, -0.25) is 9.48 Å². The molecular weight excluding hydrogens is 196 g/mol. The molecular formula is C9H16N4O2. The summed E-state index contributed by atoms with van der Waals surface area (Å²) in [4.78, 5) is 11.5. The van der Waals surface area contributed by atoms with E-state index in [0.717, 1.165) is 0 Å². The number of aryl methyl sites for hydroxylation is 1. The van der Waals surface area contributed by atoms with E-state index in [1.807, 2.05) is 6.92 Å². The Labute approximate surface area is 88.4 Å². The van der Waals surface area contributed by atoms with Crippen LogP contribution >= 0.6 is 0 Å². The number of hydrogen-bond acceptors (Lipinski definition) is 4. The van der Waals surface area contributed by atoms with Gasteiger partial charge < -0.3 is 15.8 Å². The van der Waals surface area contributed by atoms with Gasteiger partial charge in [0.15, 0.2) is 5.69 Å². The lowest BCUT2D eigenvalue weighted by Gasteiger charge is -2.02. The van der Waals surface area contributed by atoms with E-state index in [1.54, 1.807) is 18.0 Å². The van der Waals surface area contributed by atoms with Crippen molar-refractivity contribution in [3.63, 3.8) is 0 Å². The molecule has 1 rings (SSSR count). The van der Waals surface area contributed by atoms with Crippen molar-refractivity contribution in [3.05, 3.63) is 11.9 Å². The first-order valence-electron chi connectivity index (χ1n) is 4.79. The molecule has 84 valence electrons. The third-order valence-electron chi connectivity index (χ3n) is 1.92. The van der Waals surface area contributed by atoms with Gasteiger partial charge in [-0.15, -0.1) is 0 Å². The number of rotatable bonds is 5. The van der Waals surface area contributed by atoms with E-state index >= 15 is 0 Å². The summed E-state index contributed by atoms with van der Waals surface area (Å²) in [6.45, 7) is 3.54. The van der Waals surface area contributed by atoms with Crippen LogP contribution in [0.15, 0.2) is 6.20 Å². The third kappa shape index (κ3) is 2.95. The zero-order valence-electron chi connectivity index (χ0n) is 8.99. The Bertz CT molecular complexity index is 335. The van der Waals surface area contributed by atoms with Gasteiger partial charge in [-0.2, -0.15) is 5.10 Å². The molecule has 0 bridgehead atoms. The Balaban J connectivity index is 2.60. The van der Waals surface area contributed by atoms with Crippen molar-refractivity contribution in [2.75, 3.05) is 26.0 Å². The monoisotopic (exact) mass is 212 g/mol. The number of nitrogens with one attached hydrogen (secondary N) is 1. The van der Waals surface area contributed by atoms with Crippen molar-refractivity contribution in [1.82, 2.24) is 15.1 Å². The highest BCUT2D eigenvalue weighted by Crippen LogP contribution is 2.08. The molecule has 6 heteroatoms. The lowest BCUT2D eigenvalue weighted by atomic mass is 10.3. The highest BCUT2D eigenvalue weighted by Gasteiger charge is 2.13. The molecule has 0 unspecified atom stereocenters. The van der Waals surface area contributed by atoms with Crippen LogP contribution in [0.5, 0.6) is 0 Å². The molecule has 0 fully saturated rings. The average molecular weight is 212 g/mol. The van der Waals surface area contributed by atoms with Crippen LogP contribution in [-0.2, 0) is 11.3 Å².